The molecule has 0 saturated carbocycles. The van der Waals surface area contributed by atoms with E-state index in [2.05, 4.69) is 5.32 Å². The number of morpholine rings is 1. The first kappa shape index (κ1) is 18.1. The number of carbonyl (C=O) groups excluding carboxylic acids is 2. The fraction of sp³-hybridized carbons (Fsp3) is 0.857. The van der Waals surface area contributed by atoms with E-state index in [-0.39, 0.29) is 5.91 Å². The van der Waals surface area contributed by atoms with E-state index in [9.17, 15) is 9.59 Å². The van der Waals surface area contributed by atoms with Crippen molar-refractivity contribution in [2.45, 2.75) is 38.8 Å². The summed E-state index contributed by atoms with van der Waals surface area (Å²) in [5, 5.41) is 2.70. The van der Waals surface area contributed by atoms with Crippen LogP contribution in [0.25, 0.3) is 0 Å². The largest absolute Gasteiger partial charge is 0.444 e. The van der Waals surface area contributed by atoms with Crippen molar-refractivity contribution in [1.29, 1.82) is 0 Å². The molecule has 0 aliphatic carbocycles. The minimum Gasteiger partial charge on any atom is -0.444 e. The van der Waals surface area contributed by atoms with Gasteiger partial charge in [0.05, 0.1) is 13.2 Å². The normalized spacial score (nSPS) is 17.2. The third-order valence-corrected chi connectivity index (χ3v) is 3.57. The second-order valence-corrected chi connectivity index (χ2v) is 6.90. The maximum absolute atomic E-state index is 12.5. The monoisotopic (exact) mass is 318 g/mol. The maximum atomic E-state index is 12.5. The average molecular weight is 318 g/mol. The van der Waals surface area contributed by atoms with Gasteiger partial charge in [0.25, 0.3) is 0 Å². The van der Waals surface area contributed by atoms with Gasteiger partial charge in [-0.1, -0.05) is 0 Å². The number of nitrogens with zero attached hydrogens (tertiary/aromatic N) is 1. The van der Waals surface area contributed by atoms with Gasteiger partial charge in [-0.15, -0.1) is 0 Å². The molecular weight excluding hydrogens is 292 g/mol. The Kier molecular flexibility index (Phi) is 7.31. The number of nitrogens with one attached hydrogen (secondary N) is 1. The zero-order valence-corrected chi connectivity index (χ0v) is 14.1. The molecule has 1 atom stereocenters. The van der Waals surface area contributed by atoms with Crippen LogP contribution in [0, 0.1) is 0 Å². The first-order chi connectivity index (χ1) is 9.83. The van der Waals surface area contributed by atoms with Gasteiger partial charge < -0.3 is 19.7 Å². The minimum atomic E-state index is -0.573. The van der Waals surface area contributed by atoms with Crippen LogP contribution in [0.5, 0.6) is 0 Å². The molecule has 0 radical (unpaired) electrons. The van der Waals surface area contributed by atoms with E-state index in [4.69, 9.17) is 9.47 Å². The Bertz CT molecular complexity index is 351. The van der Waals surface area contributed by atoms with Crippen molar-refractivity contribution in [3.63, 3.8) is 0 Å². The first-order valence-corrected chi connectivity index (χ1v) is 8.58. The summed E-state index contributed by atoms with van der Waals surface area (Å²) in [6, 6.07) is -0.537. The zero-order valence-electron chi connectivity index (χ0n) is 13.3. The van der Waals surface area contributed by atoms with Gasteiger partial charge in [-0.2, -0.15) is 11.8 Å². The lowest BCUT2D eigenvalue weighted by Gasteiger charge is -2.31. The molecule has 1 unspecified atom stereocenters. The molecule has 7 heteroatoms. The van der Waals surface area contributed by atoms with Crippen LogP contribution in [0.2, 0.25) is 0 Å². The first-order valence-electron chi connectivity index (χ1n) is 7.18. The van der Waals surface area contributed by atoms with E-state index in [1.165, 1.54) is 0 Å². The predicted octanol–water partition coefficient (Wildman–Crippen LogP) is 1.49. The molecule has 0 aromatic heterocycles. The predicted molar refractivity (Wildman–Crippen MR) is 83.6 cm³/mol. The van der Waals surface area contributed by atoms with Crippen LogP contribution >= 0.6 is 11.8 Å². The Morgan fingerprint density at radius 2 is 1.95 bits per heavy atom. The Morgan fingerprint density at radius 1 is 1.33 bits per heavy atom. The summed E-state index contributed by atoms with van der Waals surface area (Å²) in [4.78, 5) is 26.1. The highest BCUT2D eigenvalue weighted by molar-refractivity contribution is 7.98. The molecule has 2 amide bonds. The Morgan fingerprint density at radius 3 is 2.48 bits per heavy atom. The van der Waals surface area contributed by atoms with Crippen LogP contribution in [0.3, 0.4) is 0 Å². The van der Waals surface area contributed by atoms with Gasteiger partial charge in [0, 0.05) is 13.1 Å². The smallest absolute Gasteiger partial charge is 0.408 e. The van der Waals surface area contributed by atoms with Gasteiger partial charge in [-0.25, -0.2) is 4.79 Å². The van der Waals surface area contributed by atoms with E-state index in [1.807, 2.05) is 6.26 Å². The third-order valence-electron chi connectivity index (χ3n) is 2.92. The fourth-order valence-electron chi connectivity index (χ4n) is 1.95. The standard InChI is InChI=1S/C14H26N2O4S/c1-14(2,3)20-13(18)15-11(5-10-21-4)12(17)16-6-8-19-9-7-16/h11H,5-10H2,1-4H3,(H,15,18). The topological polar surface area (TPSA) is 67.9 Å². The van der Waals surface area contributed by atoms with Crippen molar-refractivity contribution in [3.8, 4) is 0 Å². The molecule has 6 nitrogen and oxygen atoms in total. The molecule has 0 bridgehead atoms. The summed E-state index contributed by atoms with van der Waals surface area (Å²) in [5.41, 5.74) is -0.573. The van der Waals surface area contributed by atoms with E-state index in [0.29, 0.717) is 32.7 Å². The molecule has 0 aromatic rings. The van der Waals surface area contributed by atoms with Gasteiger partial charge in [0.2, 0.25) is 5.91 Å². The molecule has 21 heavy (non-hydrogen) atoms. The number of carbonyl (C=O) groups is 2. The van der Waals surface area contributed by atoms with Gasteiger partial charge in [0.15, 0.2) is 0 Å². The lowest BCUT2D eigenvalue weighted by molar-refractivity contribution is -0.137. The third kappa shape index (κ3) is 7.04. The summed E-state index contributed by atoms with van der Waals surface area (Å²) >= 11 is 1.65. The molecule has 0 spiro atoms. The van der Waals surface area contributed by atoms with Crippen LogP contribution in [0.1, 0.15) is 27.2 Å². The van der Waals surface area contributed by atoms with Gasteiger partial charge >= 0.3 is 6.09 Å². The van der Waals surface area contributed by atoms with Crippen molar-refractivity contribution in [3.05, 3.63) is 0 Å². The molecule has 1 aliphatic heterocycles. The number of rotatable bonds is 5. The number of hydrogen-bond acceptors (Lipinski definition) is 5. The second-order valence-electron chi connectivity index (χ2n) is 5.92. The minimum absolute atomic E-state index is 0.0572. The van der Waals surface area contributed by atoms with Gasteiger partial charge in [-0.3, -0.25) is 4.79 Å². The van der Waals surface area contributed by atoms with Crippen LogP contribution in [-0.4, -0.2) is 66.9 Å². The summed E-state index contributed by atoms with van der Waals surface area (Å²) in [6.07, 6.45) is 2.02. The van der Waals surface area contributed by atoms with Crippen LogP contribution < -0.4 is 5.32 Å². The van der Waals surface area contributed by atoms with Gasteiger partial charge in [-0.05, 0) is 39.2 Å². The quantitative estimate of drug-likeness (QED) is 0.832. The van der Waals surface area contributed by atoms with E-state index < -0.39 is 17.7 Å². The number of ether oxygens (including phenoxy) is 2. The molecule has 1 heterocycles. The molecule has 1 fully saturated rings. The van der Waals surface area contributed by atoms with Crippen molar-refractivity contribution in [1.82, 2.24) is 10.2 Å². The van der Waals surface area contributed by atoms with Crippen LogP contribution in [0.15, 0.2) is 0 Å². The zero-order chi connectivity index (χ0) is 15.9. The number of alkyl carbamates (subject to hydrolysis) is 1. The van der Waals surface area contributed by atoms with E-state index in [0.717, 1.165) is 5.75 Å². The SMILES string of the molecule is CSCCC(NC(=O)OC(C)(C)C)C(=O)N1CCOCC1. The highest BCUT2D eigenvalue weighted by Crippen LogP contribution is 2.10. The Hall–Kier alpha value is -0.950. The Balaban J connectivity index is 2.61. The molecule has 1 saturated heterocycles. The summed E-state index contributed by atoms with van der Waals surface area (Å²) < 4.78 is 10.5. The summed E-state index contributed by atoms with van der Waals surface area (Å²) in [7, 11) is 0. The fourth-order valence-corrected chi connectivity index (χ4v) is 2.42. The lowest BCUT2D eigenvalue weighted by atomic mass is 10.2. The van der Waals surface area contributed by atoms with Crippen LogP contribution in [0.4, 0.5) is 4.79 Å². The van der Waals surface area contributed by atoms with Crippen molar-refractivity contribution in [2.24, 2.45) is 0 Å². The number of hydrogen-bond donors (Lipinski definition) is 1. The highest BCUT2D eigenvalue weighted by Gasteiger charge is 2.28. The molecule has 0 aromatic carbocycles. The van der Waals surface area contributed by atoms with Crippen molar-refractivity contribution >= 4 is 23.8 Å². The number of thioether (sulfide) groups is 1. The number of amides is 2. The molecule has 1 aliphatic rings. The molecule has 1 N–H and O–H groups in total. The Labute approximate surface area is 130 Å². The van der Waals surface area contributed by atoms with Crippen LogP contribution in [-0.2, 0) is 14.3 Å². The van der Waals surface area contributed by atoms with E-state index in [1.54, 1.807) is 37.4 Å². The lowest BCUT2D eigenvalue weighted by Crippen LogP contribution is -2.52. The highest BCUT2D eigenvalue weighted by atomic mass is 32.2. The summed E-state index contributed by atoms with van der Waals surface area (Å²) in [5.74, 6) is 0.745. The summed E-state index contributed by atoms with van der Waals surface area (Å²) in [6.45, 7) is 7.64. The molecule has 122 valence electrons. The maximum Gasteiger partial charge on any atom is 0.408 e. The molecule has 1 rings (SSSR count). The van der Waals surface area contributed by atoms with E-state index >= 15 is 0 Å². The average Bonchev–Trinajstić information content (AvgIpc) is 2.41. The van der Waals surface area contributed by atoms with Crippen molar-refractivity contribution < 1.29 is 19.1 Å². The van der Waals surface area contributed by atoms with Crippen molar-refractivity contribution in [2.75, 3.05) is 38.3 Å². The van der Waals surface area contributed by atoms with Gasteiger partial charge in [0.1, 0.15) is 11.6 Å². The second kappa shape index (κ2) is 8.48. The molecular formula is C14H26N2O4S.